The summed E-state index contributed by atoms with van der Waals surface area (Å²) in [5.74, 6) is -0.00693. The molecule has 0 N–H and O–H groups in total. The molecule has 0 aliphatic rings. The summed E-state index contributed by atoms with van der Waals surface area (Å²) in [6.07, 6.45) is 1.86. The number of aryl methyl sites for hydroxylation is 4. The average molecular weight is 376 g/mol. The number of hydrogen-bond acceptors (Lipinski definition) is 2. The topological polar surface area (TPSA) is 38.1 Å². The highest BCUT2D eigenvalue weighted by atomic mass is 16.2. The van der Waals surface area contributed by atoms with E-state index in [1.165, 1.54) is 16.7 Å². The quantitative estimate of drug-likeness (QED) is 0.600. The van der Waals surface area contributed by atoms with Crippen molar-refractivity contribution >= 4 is 5.91 Å². The second-order valence-electron chi connectivity index (χ2n) is 7.53. The molecule has 0 bridgehead atoms. The smallest absolute Gasteiger partial charge is 0.274 e. The van der Waals surface area contributed by atoms with Crippen molar-refractivity contribution in [1.29, 1.82) is 0 Å². The van der Waals surface area contributed by atoms with Gasteiger partial charge in [0.1, 0.15) is 0 Å². The minimum atomic E-state index is -0.00693. The van der Waals surface area contributed by atoms with Crippen molar-refractivity contribution in [1.82, 2.24) is 14.7 Å². The molecule has 4 nitrogen and oxygen atoms in total. The average Bonchev–Trinajstić information content (AvgIpc) is 3.04. The van der Waals surface area contributed by atoms with Gasteiger partial charge < -0.3 is 4.90 Å². The van der Waals surface area contributed by atoms with Gasteiger partial charge in [-0.3, -0.25) is 9.48 Å². The van der Waals surface area contributed by atoms with Gasteiger partial charge in [-0.2, -0.15) is 5.10 Å². The first-order valence-corrected chi connectivity index (χ1v) is 9.85. The van der Waals surface area contributed by atoms with Crippen LogP contribution < -0.4 is 0 Å². The standard InChI is InChI=1S/C24H29N3O/c1-18-10-8-9-13-22(18)17-27(24(28)23-16-20(3)26(4)25-23)19(2)14-15-21-11-6-5-7-12-21/h5-13,16,19H,14-15,17H2,1-4H3/t19-/m1/s1. The Balaban J connectivity index is 1.82. The van der Waals surface area contributed by atoms with Crippen molar-refractivity contribution in [3.63, 3.8) is 0 Å². The number of benzene rings is 2. The Morgan fingerprint density at radius 1 is 1.07 bits per heavy atom. The molecule has 0 fully saturated rings. The highest BCUT2D eigenvalue weighted by molar-refractivity contribution is 5.92. The van der Waals surface area contributed by atoms with Crippen molar-refractivity contribution in [3.8, 4) is 0 Å². The Hall–Kier alpha value is -2.88. The van der Waals surface area contributed by atoms with Crippen LogP contribution in [0.25, 0.3) is 0 Å². The number of hydrogen-bond donors (Lipinski definition) is 0. The summed E-state index contributed by atoms with van der Waals surface area (Å²) in [5.41, 5.74) is 5.17. The molecule has 0 aliphatic carbocycles. The molecule has 1 atom stereocenters. The molecule has 0 radical (unpaired) electrons. The van der Waals surface area contributed by atoms with E-state index in [4.69, 9.17) is 0 Å². The molecule has 1 amide bonds. The molecular weight excluding hydrogens is 346 g/mol. The van der Waals surface area contributed by atoms with Crippen LogP contribution in [0.1, 0.15) is 46.2 Å². The number of carbonyl (C=O) groups is 1. The third-order valence-electron chi connectivity index (χ3n) is 5.42. The third kappa shape index (κ3) is 4.69. The summed E-state index contributed by atoms with van der Waals surface area (Å²) >= 11 is 0. The molecule has 0 aliphatic heterocycles. The SMILES string of the molecule is Cc1ccccc1CN(C(=O)c1cc(C)n(C)n1)[C@H](C)CCc1ccccc1. The van der Waals surface area contributed by atoms with Crippen molar-refractivity contribution in [3.05, 3.63) is 88.7 Å². The number of nitrogens with zero attached hydrogens (tertiary/aromatic N) is 3. The van der Waals surface area contributed by atoms with E-state index >= 15 is 0 Å². The van der Waals surface area contributed by atoms with Gasteiger partial charge in [-0.15, -0.1) is 0 Å². The summed E-state index contributed by atoms with van der Waals surface area (Å²) in [7, 11) is 1.87. The lowest BCUT2D eigenvalue weighted by molar-refractivity contribution is 0.0660. The van der Waals surface area contributed by atoms with E-state index < -0.39 is 0 Å². The van der Waals surface area contributed by atoms with Gasteiger partial charge >= 0.3 is 0 Å². The highest BCUT2D eigenvalue weighted by Crippen LogP contribution is 2.19. The monoisotopic (exact) mass is 375 g/mol. The van der Waals surface area contributed by atoms with Crippen LogP contribution in [0.3, 0.4) is 0 Å². The van der Waals surface area contributed by atoms with Gasteiger partial charge in [0.05, 0.1) is 0 Å². The Morgan fingerprint density at radius 3 is 2.39 bits per heavy atom. The summed E-state index contributed by atoms with van der Waals surface area (Å²) < 4.78 is 1.76. The number of amides is 1. The van der Waals surface area contributed by atoms with E-state index in [0.29, 0.717) is 12.2 Å². The summed E-state index contributed by atoms with van der Waals surface area (Å²) in [6, 6.07) is 20.7. The molecule has 4 heteroatoms. The fourth-order valence-corrected chi connectivity index (χ4v) is 3.39. The molecule has 146 valence electrons. The molecule has 1 heterocycles. The van der Waals surface area contributed by atoms with Crippen LogP contribution >= 0.6 is 0 Å². The normalized spacial score (nSPS) is 12.0. The first kappa shape index (κ1) is 19.9. The van der Waals surface area contributed by atoms with Gasteiger partial charge in [0.2, 0.25) is 0 Å². The van der Waals surface area contributed by atoms with Crippen LogP contribution in [-0.4, -0.2) is 26.6 Å². The maximum atomic E-state index is 13.3. The molecule has 0 spiro atoms. The second-order valence-corrected chi connectivity index (χ2v) is 7.53. The Morgan fingerprint density at radius 2 is 1.75 bits per heavy atom. The van der Waals surface area contributed by atoms with Crippen molar-refractivity contribution < 1.29 is 4.79 Å². The molecular formula is C24H29N3O. The molecule has 28 heavy (non-hydrogen) atoms. The Bertz CT molecular complexity index is 911. The third-order valence-corrected chi connectivity index (χ3v) is 5.42. The predicted octanol–water partition coefficient (Wildman–Crippen LogP) is 4.70. The molecule has 0 unspecified atom stereocenters. The zero-order valence-corrected chi connectivity index (χ0v) is 17.2. The zero-order chi connectivity index (χ0) is 20.1. The summed E-state index contributed by atoms with van der Waals surface area (Å²) in [4.78, 5) is 15.3. The number of aromatic nitrogens is 2. The second kappa shape index (κ2) is 8.87. The van der Waals surface area contributed by atoms with Crippen LogP contribution in [0.2, 0.25) is 0 Å². The largest absolute Gasteiger partial charge is 0.330 e. The lowest BCUT2D eigenvalue weighted by Crippen LogP contribution is -2.39. The van der Waals surface area contributed by atoms with E-state index in [-0.39, 0.29) is 11.9 Å². The lowest BCUT2D eigenvalue weighted by atomic mass is 10.0. The first-order chi connectivity index (χ1) is 13.5. The van der Waals surface area contributed by atoms with Gasteiger partial charge in [-0.05, 0) is 56.4 Å². The van der Waals surface area contributed by atoms with Gasteiger partial charge in [0, 0.05) is 25.3 Å². The Kier molecular flexibility index (Phi) is 6.30. The van der Waals surface area contributed by atoms with Crippen LogP contribution in [0.15, 0.2) is 60.7 Å². The van der Waals surface area contributed by atoms with Crippen molar-refractivity contribution in [2.24, 2.45) is 7.05 Å². The maximum absolute atomic E-state index is 13.3. The summed E-state index contributed by atoms with van der Waals surface area (Å²) in [5, 5.41) is 4.42. The van der Waals surface area contributed by atoms with Crippen molar-refractivity contribution in [2.75, 3.05) is 0 Å². The van der Waals surface area contributed by atoms with Crippen LogP contribution in [0.4, 0.5) is 0 Å². The van der Waals surface area contributed by atoms with Gasteiger partial charge in [-0.1, -0.05) is 54.6 Å². The van der Waals surface area contributed by atoms with Crippen molar-refractivity contribution in [2.45, 2.75) is 46.2 Å². The minimum Gasteiger partial charge on any atom is -0.330 e. The first-order valence-electron chi connectivity index (χ1n) is 9.85. The fraction of sp³-hybridized carbons (Fsp3) is 0.333. The molecule has 3 rings (SSSR count). The Labute approximate surface area is 167 Å². The van der Waals surface area contributed by atoms with Crippen LogP contribution in [-0.2, 0) is 20.0 Å². The highest BCUT2D eigenvalue weighted by Gasteiger charge is 2.24. The van der Waals surface area contributed by atoms with Gasteiger partial charge in [-0.25, -0.2) is 0 Å². The molecule has 2 aromatic carbocycles. The zero-order valence-electron chi connectivity index (χ0n) is 17.2. The van der Waals surface area contributed by atoms with Gasteiger partial charge in [0.15, 0.2) is 5.69 Å². The predicted molar refractivity (Wildman–Crippen MR) is 113 cm³/mol. The maximum Gasteiger partial charge on any atom is 0.274 e. The van der Waals surface area contributed by atoms with E-state index in [1.54, 1.807) is 4.68 Å². The molecule has 1 aromatic heterocycles. The van der Waals surface area contributed by atoms with E-state index in [1.807, 2.05) is 43.1 Å². The number of carbonyl (C=O) groups excluding carboxylic acids is 1. The van der Waals surface area contributed by atoms with Crippen LogP contribution in [0, 0.1) is 13.8 Å². The molecule has 0 saturated heterocycles. The van der Waals surface area contributed by atoms with E-state index in [0.717, 1.165) is 18.5 Å². The minimum absolute atomic E-state index is 0.00693. The fourth-order valence-electron chi connectivity index (χ4n) is 3.39. The molecule has 0 saturated carbocycles. The summed E-state index contributed by atoms with van der Waals surface area (Å²) in [6.45, 7) is 6.79. The number of rotatable bonds is 7. The van der Waals surface area contributed by atoms with E-state index in [2.05, 4.69) is 55.3 Å². The van der Waals surface area contributed by atoms with Gasteiger partial charge in [0.25, 0.3) is 5.91 Å². The molecule has 3 aromatic rings. The van der Waals surface area contributed by atoms with Crippen LogP contribution in [0.5, 0.6) is 0 Å². The lowest BCUT2D eigenvalue weighted by Gasteiger charge is -2.29. The van der Waals surface area contributed by atoms with E-state index in [9.17, 15) is 4.79 Å².